The molecule has 1 nitrogen and oxygen atoms in total. The number of benzene rings is 1. The van der Waals surface area contributed by atoms with Crippen LogP contribution in [-0.2, 0) is 4.74 Å². The number of thioether (sulfide) groups is 1. The second kappa shape index (κ2) is 15.2. The average molecular weight is 405 g/mol. The number of rotatable bonds is 15. The van der Waals surface area contributed by atoms with Gasteiger partial charge in [-0.3, -0.25) is 0 Å². The molecule has 144 valence electrons. The molecule has 1 rings (SSSR count). The molecular formula is C21H34Cl2OS. The average Bonchev–Trinajstić information content (AvgIpc) is 2.61. The molecule has 0 aliphatic heterocycles. The molecule has 0 heterocycles. The molecule has 0 spiro atoms. The van der Waals surface area contributed by atoms with Gasteiger partial charge in [-0.15, -0.1) is 11.8 Å². The first-order valence-electron chi connectivity index (χ1n) is 9.74. The zero-order chi connectivity index (χ0) is 18.3. The molecule has 1 atom stereocenters. The van der Waals surface area contributed by atoms with Crippen molar-refractivity contribution in [1.29, 1.82) is 0 Å². The predicted molar refractivity (Wildman–Crippen MR) is 115 cm³/mol. The highest BCUT2D eigenvalue weighted by Gasteiger charge is 2.13. The van der Waals surface area contributed by atoms with Gasteiger partial charge in [0.05, 0.1) is 16.0 Å². The van der Waals surface area contributed by atoms with E-state index in [9.17, 15) is 0 Å². The molecule has 0 saturated carbocycles. The van der Waals surface area contributed by atoms with Gasteiger partial charge in [0.15, 0.2) is 0 Å². The van der Waals surface area contributed by atoms with Crippen molar-refractivity contribution in [3.05, 3.63) is 33.8 Å². The molecule has 1 unspecified atom stereocenters. The summed E-state index contributed by atoms with van der Waals surface area (Å²) in [4.78, 5) is 0. The fourth-order valence-corrected chi connectivity index (χ4v) is 4.31. The smallest absolute Gasteiger partial charge is 0.0923 e. The summed E-state index contributed by atoms with van der Waals surface area (Å²) >= 11 is 14.1. The molecule has 0 aromatic heterocycles. The minimum Gasteiger partial charge on any atom is -0.374 e. The molecule has 0 aliphatic rings. The Morgan fingerprint density at radius 3 is 2.04 bits per heavy atom. The molecular weight excluding hydrogens is 371 g/mol. The fourth-order valence-electron chi connectivity index (χ4n) is 3.03. The third-order valence-electron chi connectivity index (χ3n) is 4.52. The Morgan fingerprint density at radius 2 is 1.48 bits per heavy atom. The number of hydrogen-bond acceptors (Lipinski definition) is 2. The van der Waals surface area contributed by atoms with Crippen molar-refractivity contribution in [1.82, 2.24) is 0 Å². The lowest BCUT2D eigenvalue weighted by molar-refractivity contribution is 0.258. The Morgan fingerprint density at radius 1 is 0.880 bits per heavy atom. The summed E-state index contributed by atoms with van der Waals surface area (Å²) in [5, 5.41) is 1.70. The lowest BCUT2D eigenvalue weighted by atomic mass is 10.0. The lowest BCUT2D eigenvalue weighted by Gasteiger charge is -2.17. The Hall–Kier alpha value is 0.110. The van der Waals surface area contributed by atoms with Gasteiger partial charge in [-0.1, -0.05) is 100 Å². The van der Waals surface area contributed by atoms with E-state index in [4.69, 9.17) is 27.9 Å². The Labute approximate surface area is 169 Å². The van der Waals surface area contributed by atoms with Gasteiger partial charge in [-0.25, -0.2) is 0 Å². The van der Waals surface area contributed by atoms with Crippen LogP contribution >= 0.6 is 35.0 Å². The van der Waals surface area contributed by atoms with Gasteiger partial charge >= 0.3 is 0 Å². The van der Waals surface area contributed by atoms with E-state index >= 15 is 0 Å². The quantitative estimate of drug-likeness (QED) is 0.213. The maximum absolute atomic E-state index is 6.18. The first kappa shape index (κ1) is 23.1. The predicted octanol–water partition coefficient (Wildman–Crippen LogP) is 8.68. The third kappa shape index (κ3) is 10.8. The first-order chi connectivity index (χ1) is 12.2. The van der Waals surface area contributed by atoms with Crippen LogP contribution in [0.5, 0.6) is 0 Å². The highest BCUT2D eigenvalue weighted by Crippen LogP contribution is 2.36. The second-order valence-corrected chi connectivity index (χ2v) is 8.66. The molecule has 0 aliphatic carbocycles. The molecule has 0 amide bonds. The van der Waals surface area contributed by atoms with Crippen LogP contribution < -0.4 is 0 Å². The summed E-state index contributed by atoms with van der Waals surface area (Å²) in [6, 6.07) is 6.00. The van der Waals surface area contributed by atoms with E-state index in [0.29, 0.717) is 21.2 Å². The number of ether oxygens (including phenoxy) is 1. The van der Waals surface area contributed by atoms with Crippen molar-refractivity contribution in [2.24, 2.45) is 0 Å². The van der Waals surface area contributed by atoms with Crippen LogP contribution in [0.3, 0.4) is 0 Å². The van der Waals surface area contributed by atoms with Crippen LogP contribution in [0.1, 0.15) is 88.4 Å². The Kier molecular flexibility index (Phi) is 14.1. The van der Waals surface area contributed by atoms with Crippen molar-refractivity contribution >= 4 is 35.0 Å². The van der Waals surface area contributed by atoms with Gasteiger partial charge in [0.2, 0.25) is 0 Å². The van der Waals surface area contributed by atoms with Crippen molar-refractivity contribution < 1.29 is 4.74 Å². The van der Waals surface area contributed by atoms with Crippen LogP contribution in [0, 0.1) is 0 Å². The highest BCUT2D eigenvalue weighted by atomic mass is 35.5. The largest absolute Gasteiger partial charge is 0.374 e. The van der Waals surface area contributed by atoms with Gasteiger partial charge in [0.25, 0.3) is 0 Å². The monoisotopic (exact) mass is 404 g/mol. The molecule has 0 radical (unpaired) electrons. The topological polar surface area (TPSA) is 9.23 Å². The van der Waals surface area contributed by atoms with Crippen LogP contribution in [-0.4, -0.2) is 13.0 Å². The van der Waals surface area contributed by atoms with Gasteiger partial charge in [-0.05, 0) is 24.1 Å². The lowest BCUT2D eigenvalue weighted by Crippen LogP contribution is -1.97. The van der Waals surface area contributed by atoms with Crippen molar-refractivity contribution in [2.45, 2.75) is 82.8 Å². The number of unbranched alkanes of at least 4 members (excludes halogenated alkanes) is 9. The summed E-state index contributed by atoms with van der Waals surface area (Å²) in [5.74, 6) is 0.711. The van der Waals surface area contributed by atoms with Crippen LogP contribution in [0.4, 0.5) is 0 Å². The molecule has 25 heavy (non-hydrogen) atoms. The Balaban J connectivity index is 2.24. The van der Waals surface area contributed by atoms with Gasteiger partial charge in [-0.2, -0.15) is 0 Å². The fraction of sp³-hybridized carbons (Fsp3) is 0.714. The number of halogens is 2. The number of methoxy groups -OCH3 is 1. The summed E-state index contributed by atoms with van der Waals surface area (Å²) in [5.41, 5.74) is 1.26. The van der Waals surface area contributed by atoms with Gasteiger partial charge in [0.1, 0.15) is 0 Å². The van der Waals surface area contributed by atoms with Crippen LogP contribution in [0.25, 0.3) is 0 Å². The summed E-state index contributed by atoms with van der Waals surface area (Å²) in [6.45, 7) is 2.27. The zero-order valence-corrected chi connectivity index (χ0v) is 18.2. The standard InChI is InChI=1S/C21H34Cl2OS/c1-3-4-5-6-7-8-9-10-11-12-13-21(25-17-24-2)18-14-15-19(22)20(23)16-18/h14-16,21H,3-13,17H2,1-2H3. The van der Waals surface area contributed by atoms with E-state index < -0.39 is 0 Å². The van der Waals surface area contributed by atoms with Crippen LogP contribution in [0.2, 0.25) is 10.0 Å². The second-order valence-electron chi connectivity index (χ2n) is 6.71. The summed E-state index contributed by atoms with van der Waals surface area (Å²) < 4.78 is 5.25. The summed E-state index contributed by atoms with van der Waals surface area (Å²) in [7, 11) is 1.75. The molecule has 1 aromatic rings. The molecule has 0 N–H and O–H groups in total. The third-order valence-corrected chi connectivity index (χ3v) is 6.54. The molecule has 0 saturated heterocycles. The minimum absolute atomic E-state index is 0.434. The van der Waals surface area contributed by atoms with Crippen molar-refractivity contribution in [2.75, 3.05) is 13.0 Å². The zero-order valence-electron chi connectivity index (χ0n) is 15.9. The van der Waals surface area contributed by atoms with Crippen LogP contribution in [0.15, 0.2) is 18.2 Å². The van der Waals surface area contributed by atoms with E-state index in [1.54, 1.807) is 7.11 Å². The molecule has 0 bridgehead atoms. The number of hydrogen-bond donors (Lipinski definition) is 0. The Bertz CT molecular complexity index is 454. The maximum atomic E-state index is 6.18. The highest BCUT2D eigenvalue weighted by molar-refractivity contribution is 7.99. The normalized spacial score (nSPS) is 12.5. The maximum Gasteiger partial charge on any atom is 0.0923 e. The van der Waals surface area contributed by atoms with Crippen molar-refractivity contribution in [3.63, 3.8) is 0 Å². The van der Waals surface area contributed by atoms with E-state index in [1.807, 2.05) is 23.9 Å². The van der Waals surface area contributed by atoms with E-state index in [0.717, 1.165) is 0 Å². The van der Waals surface area contributed by atoms with Gasteiger partial charge in [0, 0.05) is 12.4 Å². The van der Waals surface area contributed by atoms with E-state index in [1.165, 1.54) is 76.2 Å². The summed E-state index contributed by atoms with van der Waals surface area (Å²) in [6.07, 6.45) is 14.9. The van der Waals surface area contributed by atoms with E-state index in [2.05, 4.69) is 13.0 Å². The molecule has 1 aromatic carbocycles. The SMILES string of the molecule is CCCCCCCCCCCCC(SCOC)c1ccc(Cl)c(Cl)c1. The first-order valence-corrected chi connectivity index (χ1v) is 11.5. The minimum atomic E-state index is 0.434. The van der Waals surface area contributed by atoms with E-state index in [-0.39, 0.29) is 0 Å². The molecule has 4 heteroatoms. The van der Waals surface area contributed by atoms with Gasteiger partial charge < -0.3 is 4.74 Å². The van der Waals surface area contributed by atoms with Crippen molar-refractivity contribution in [3.8, 4) is 0 Å². The molecule has 0 fully saturated rings.